The number of rotatable bonds is 5. The first-order valence-electron chi connectivity index (χ1n) is 8.01. The molecular weight excluding hydrogens is 325 g/mol. The maximum absolute atomic E-state index is 14.6. The van der Waals surface area contributed by atoms with Gasteiger partial charge in [0.15, 0.2) is 0 Å². The second-order valence-electron chi connectivity index (χ2n) is 5.98. The van der Waals surface area contributed by atoms with Gasteiger partial charge in [0.25, 0.3) is 5.91 Å². The Morgan fingerprint density at radius 2 is 2.04 bits per heavy atom. The molecule has 1 aliphatic rings. The lowest BCUT2D eigenvalue weighted by Crippen LogP contribution is -2.38. The number of carbonyl (C=O) groups is 1. The fraction of sp³-hybridized carbons (Fsp3) is 0.389. The minimum absolute atomic E-state index is 0.0402. The summed E-state index contributed by atoms with van der Waals surface area (Å²) in [5.74, 6) is -0.918. The Morgan fingerprint density at radius 1 is 1.28 bits per heavy atom. The third-order valence-corrected chi connectivity index (χ3v) is 4.42. The topological polar surface area (TPSA) is 64.6 Å². The number of amides is 1. The van der Waals surface area contributed by atoms with Crippen LogP contribution in [0, 0.1) is 5.82 Å². The van der Waals surface area contributed by atoms with Gasteiger partial charge >= 0.3 is 0 Å². The van der Waals surface area contributed by atoms with Crippen LogP contribution in [0.2, 0.25) is 0 Å². The first-order valence-corrected chi connectivity index (χ1v) is 8.01. The largest absolute Gasteiger partial charge is 0.383 e. The van der Waals surface area contributed by atoms with Crippen molar-refractivity contribution in [1.29, 1.82) is 0 Å². The fourth-order valence-electron chi connectivity index (χ4n) is 3.11. The molecule has 0 spiro atoms. The monoisotopic (exact) mass is 345 g/mol. The van der Waals surface area contributed by atoms with Gasteiger partial charge in [-0.25, -0.2) is 14.4 Å². The summed E-state index contributed by atoms with van der Waals surface area (Å²) in [7, 11) is 3.19. The fourth-order valence-corrected chi connectivity index (χ4v) is 3.11. The molecule has 1 aromatic heterocycles. The van der Waals surface area contributed by atoms with E-state index < -0.39 is 5.82 Å². The second-order valence-corrected chi connectivity index (χ2v) is 5.98. The molecule has 0 radical (unpaired) electrons. The van der Waals surface area contributed by atoms with Gasteiger partial charge in [0, 0.05) is 38.7 Å². The predicted molar refractivity (Wildman–Crippen MR) is 89.5 cm³/mol. The van der Waals surface area contributed by atoms with Crippen molar-refractivity contribution in [2.24, 2.45) is 0 Å². The molecule has 7 heteroatoms. The highest BCUT2D eigenvalue weighted by molar-refractivity contribution is 5.95. The highest BCUT2D eigenvalue weighted by Crippen LogP contribution is 2.26. The van der Waals surface area contributed by atoms with Crippen molar-refractivity contribution in [2.75, 3.05) is 27.4 Å². The highest BCUT2D eigenvalue weighted by Gasteiger charge is 2.36. The van der Waals surface area contributed by atoms with E-state index in [2.05, 4.69) is 9.97 Å². The van der Waals surface area contributed by atoms with Crippen LogP contribution in [0.15, 0.2) is 36.9 Å². The summed E-state index contributed by atoms with van der Waals surface area (Å²) in [4.78, 5) is 22.3. The van der Waals surface area contributed by atoms with Crippen molar-refractivity contribution >= 4 is 5.91 Å². The van der Waals surface area contributed by atoms with Crippen LogP contribution in [0.25, 0.3) is 11.1 Å². The van der Waals surface area contributed by atoms with Gasteiger partial charge in [-0.2, -0.15) is 0 Å². The molecule has 1 saturated heterocycles. The molecule has 0 unspecified atom stereocenters. The Kier molecular flexibility index (Phi) is 5.35. The summed E-state index contributed by atoms with van der Waals surface area (Å²) in [6, 6.07) is 4.42. The number of methoxy groups -OCH3 is 2. The van der Waals surface area contributed by atoms with E-state index in [9.17, 15) is 9.18 Å². The van der Waals surface area contributed by atoms with Crippen LogP contribution >= 0.6 is 0 Å². The molecule has 0 saturated carbocycles. The molecule has 0 bridgehead atoms. The Hall–Kier alpha value is -2.38. The van der Waals surface area contributed by atoms with Gasteiger partial charge < -0.3 is 14.4 Å². The van der Waals surface area contributed by atoms with Gasteiger partial charge in [-0.3, -0.25) is 4.79 Å². The third-order valence-electron chi connectivity index (χ3n) is 4.42. The van der Waals surface area contributed by atoms with Crippen molar-refractivity contribution < 1.29 is 18.7 Å². The number of ether oxygens (including phenoxy) is 2. The first kappa shape index (κ1) is 17.4. The Bertz CT molecular complexity index is 742. The van der Waals surface area contributed by atoms with Crippen molar-refractivity contribution in [3.63, 3.8) is 0 Å². The van der Waals surface area contributed by atoms with E-state index in [0.29, 0.717) is 30.7 Å². The molecule has 3 rings (SSSR count). The average Bonchev–Trinajstić information content (AvgIpc) is 3.05. The van der Waals surface area contributed by atoms with Gasteiger partial charge in [-0.05, 0) is 24.1 Å². The molecule has 2 aromatic rings. The van der Waals surface area contributed by atoms with Crippen LogP contribution in [0.4, 0.5) is 4.39 Å². The molecule has 1 amide bonds. The zero-order valence-corrected chi connectivity index (χ0v) is 14.2. The molecule has 1 aromatic carbocycles. The van der Waals surface area contributed by atoms with E-state index in [1.165, 1.54) is 18.5 Å². The molecular formula is C18H20FN3O3. The van der Waals surface area contributed by atoms with E-state index in [-0.39, 0.29) is 23.6 Å². The standard InChI is InChI=1S/C18H20FN3O3/c1-24-10-14-6-15(25-2)9-22(14)18(23)16-4-3-12(5-17(16)19)13-7-20-11-21-8-13/h3-5,7-8,11,14-15H,6,9-10H2,1-2H3/t14-,15-/m0/s1. The van der Waals surface area contributed by atoms with Crippen LogP contribution in [-0.2, 0) is 9.47 Å². The summed E-state index contributed by atoms with van der Waals surface area (Å²) in [6.07, 6.45) is 5.22. The van der Waals surface area contributed by atoms with Crippen molar-refractivity contribution in [3.8, 4) is 11.1 Å². The summed E-state index contributed by atoms with van der Waals surface area (Å²) < 4.78 is 25.1. The minimum atomic E-state index is -0.566. The number of likely N-dealkylation sites (tertiary alicyclic amines) is 1. The third kappa shape index (κ3) is 3.67. The van der Waals surface area contributed by atoms with Crippen LogP contribution in [0.3, 0.4) is 0 Å². The van der Waals surface area contributed by atoms with Gasteiger partial charge in [-0.15, -0.1) is 0 Å². The van der Waals surface area contributed by atoms with Crippen molar-refractivity contribution in [3.05, 3.63) is 48.3 Å². The molecule has 2 atom stereocenters. The molecule has 1 fully saturated rings. The SMILES string of the molecule is COC[C@@H]1C[C@H](OC)CN1C(=O)c1ccc(-c2cncnc2)cc1F. The van der Waals surface area contributed by atoms with Crippen molar-refractivity contribution in [2.45, 2.75) is 18.6 Å². The Morgan fingerprint density at radius 3 is 2.68 bits per heavy atom. The molecule has 0 N–H and O–H groups in total. The van der Waals surface area contributed by atoms with Crippen LogP contribution in [-0.4, -0.2) is 60.3 Å². The second kappa shape index (κ2) is 7.67. The Balaban J connectivity index is 1.84. The van der Waals surface area contributed by atoms with Gasteiger partial charge in [0.05, 0.1) is 24.3 Å². The highest BCUT2D eigenvalue weighted by atomic mass is 19.1. The molecule has 25 heavy (non-hydrogen) atoms. The zero-order valence-electron chi connectivity index (χ0n) is 14.2. The maximum Gasteiger partial charge on any atom is 0.257 e. The van der Waals surface area contributed by atoms with E-state index in [1.807, 2.05) is 0 Å². The number of benzene rings is 1. The summed E-state index contributed by atoms with van der Waals surface area (Å²) in [5.41, 5.74) is 1.36. The predicted octanol–water partition coefficient (Wildman–Crippen LogP) is 2.16. The lowest BCUT2D eigenvalue weighted by molar-refractivity contribution is 0.0608. The zero-order chi connectivity index (χ0) is 17.8. The number of aromatic nitrogens is 2. The van der Waals surface area contributed by atoms with Gasteiger partial charge in [0.1, 0.15) is 12.1 Å². The summed E-state index contributed by atoms with van der Waals surface area (Å²) >= 11 is 0. The van der Waals surface area contributed by atoms with Gasteiger partial charge in [-0.1, -0.05) is 6.07 Å². The van der Waals surface area contributed by atoms with Crippen molar-refractivity contribution in [1.82, 2.24) is 14.9 Å². The Labute approximate surface area is 145 Å². The number of halogens is 1. The molecule has 1 aliphatic heterocycles. The van der Waals surface area contributed by atoms with Crippen LogP contribution in [0.5, 0.6) is 0 Å². The maximum atomic E-state index is 14.6. The normalized spacial score (nSPS) is 20.0. The minimum Gasteiger partial charge on any atom is -0.383 e. The van der Waals surface area contributed by atoms with E-state index in [1.54, 1.807) is 37.6 Å². The van der Waals surface area contributed by atoms with E-state index in [4.69, 9.17) is 9.47 Å². The van der Waals surface area contributed by atoms with Crippen LogP contribution in [0.1, 0.15) is 16.8 Å². The average molecular weight is 345 g/mol. The first-order chi connectivity index (χ1) is 12.1. The van der Waals surface area contributed by atoms with Crippen LogP contribution < -0.4 is 0 Å². The smallest absolute Gasteiger partial charge is 0.257 e. The number of hydrogen-bond donors (Lipinski definition) is 0. The molecule has 132 valence electrons. The van der Waals surface area contributed by atoms with Gasteiger partial charge in [0.2, 0.25) is 0 Å². The lowest BCUT2D eigenvalue weighted by atomic mass is 10.1. The molecule has 0 aliphatic carbocycles. The van der Waals surface area contributed by atoms with E-state index >= 15 is 0 Å². The molecule has 6 nitrogen and oxygen atoms in total. The number of hydrogen-bond acceptors (Lipinski definition) is 5. The number of nitrogens with zero attached hydrogens (tertiary/aromatic N) is 3. The lowest BCUT2D eigenvalue weighted by Gasteiger charge is -2.24. The summed E-state index contributed by atoms with van der Waals surface area (Å²) in [6.45, 7) is 0.823. The summed E-state index contributed by atoms with van der Waals surface area (Å²) in [5, 5.41) is 0. The number of carbonyl (C=O) groups excluding carboxylic acids is 1. The molecule has 2 heterocycles. The quantitative estimate of drug-likeness (QED) is 0.831. The van der Waals surface area contributed by atoms with E-state index in [0.717, 1.165) is 0 Å².